The maximum absolute atomic E-state index is 4.61. The Morgan fingerprint density at radius 1 is 0.784 bits per heavy atom. The van der Waals surface area contributed by atoms with Crippen LogP contribution < -0.4 is 5.19 Å². The molecule has 0 spiro atoms. The Labute approximate surface area is 237 Å². The zero-order chi connectivity index (χ0) is 25.1. The summed E-state index contributed by atoms with van der Waals surface area (Å²) in [5.74, 6) is 0. The summed E-state index contributed by atoms with van der Waals surface area (Å²) in [4.78, 5) is 8.83. The predicted octanol–water partition coefficient (Wildman–Crippen LogP) is 8.32. The first kappa shape index (κ1) is 27.1. The molecular formula is C32H28IrN2SSi-2. The second-order valence-corrected chi connectivity index (χ2v) is 15.9. The van der Waals surface area contributed by atoms with Crippen LogP contribution in [0.15, 0.2) is 97.3 Å². The summed E-state index contributed by atoms with van der Waals surface area (Å²) < 4.78 is 2.68. The van der Waals surface area contributed by atoms with Crippen LogP contribution >= 0.6 is 11.3 Å². The van der Waals surface area contributed by atoms with Crippen LogP contribution in [0.25, 0.3) is 42.7 Å². The van der Waals surface area contributed by atoms with E-state index in [1.165, 1.54) is 30.9 Å². The molecule has 0 amide bonds. The van der Waals surface area contributed by atoms with Crippen molar-refractivity contribution >= 4 is 44.8 Å². The molecule has 1 radical (unpaired) electrons. The van der Waals surface area contributed by atoms with Gasteiger partial charge in [0.1, 0.15) is 0 Å². The first-order valence-corrected chi connectivity index (χ1v) is 16.4. The van der Waals surface area contributed by atoms with Gasteiger partial charge in [-0.3, -0.25) is 0 Å². The topological polar surface area (TPSA) is 25.8 Å². The van der Waals surface area contributed by atoms with E-state index in [4.69, 9.17) is 0 Å². The minimum absolute atomic E-state index is 0. The second kappa shape index (κ2) is 11.6. The molecule has 2 nitrogen and oxygen atoms in total. The number of thiophene rings is 1. The van der Waals surface area contributed by atoms with Gasteiger partial charge in [0, 0.05) is 45.3 Å². The van der Waals surface area contributed by atoms with Gasteiger partial charge in [-0.25, -0.2) is 0 Å². The molecular weight excluding hydrogens is 665 g/mol. The summed E-state index contributed by atoms with van der Waals surface area (Å²) in [5, 5.41) is 4.29. The average molecular weight is 693 g/mol. The van der Waals surface area contributed by atoms with Gasteiger partial charge in [-0.15, -0.1) is 58.8 Å². The van der Waals surface area contributed by atoms with Crippen molar-refractivity contribution in [2.45, 2.75) is 26.6 Å². The number of aromatic nitrogens is 2. The van der Waals surface area contributed by atoms with Crippen molar-refractivity contribution in [2.24, 2.45) is 0 Å². The van der Waals surface area contributed by atoms with E-state index >= 15 is 0 Å². The largest absolute Gasteiger partial charge is 0.305 e. The van der Waals surface area contributed by atoms with E-state index in [1.807, 2.05) is 66.1 Å². The third-order valence-corrected chi connectivity index (χ3v) is 9.28. The third kappa shape index (κ3) is 5.97. The van der Waals surface area contributed by atoms with E-state index in [1.54, 1.807) is 6.20 Å². The number of hydrogen-bond donors (Lipinski definition) is 0. The molecule has 6 rings (SSSR count). The van der Waals surface area contributed by atoms with Gasteiger partial charge in [0.25, 0.3) is 0 Å². The van der Waals surface area contributed by atoms with Crippen molar-refractivity contribution in [2.75, 3.05) is 0 Å². The van der Waals surface area contributed by atoms with E-state index in [2.05, 4.69) is 85.1 Å². The number of benzene rings is 3. The average Bonchev–Trinajstić information content (AvgIpc) is 3.29. The zero-order valence-corrected chi connectivity index (χ0v) is 25.6. The number of fused-ring (bicyclic) bond motifs is 3. The minimum atomic E-state index is -1.46. The van der Waals surface area contributed by atoms with Gasteiger partial charge < -0.3 is 9.97 Å². The van der Waals surface area contributed by atoms with E-state index in [9.17, 15) is 0 Å². The van der Waals surface area contributed by atoms with Crippen LogP contribution in [0.3, 0.4) is 0 Å². The summed E-state index contributed by atoms with van der Waals surface area (Å²) in [7, 11) is -1.46. The number of aryl methyl sites for hydroxylation is 1. The summed E-state index contributed by atoms with van der Waals surface area (Å²) in [5.41, 5.74) is 5.40. The molecule has 3 aromatic heterocycles. The predicted molar refractivity (Wildman–Crippen MR) is 158 cm³/mol. The zero-order valence-electron chi connectivity index (χ0n) is 21.4. The van der Waals surface area contributed by atoms with Gasteiger partial charge in [0.2, 0.25) is 0 Å². The molecule has 6 aromatic rings. The maximum atomic E-state index is 4.61. The van der Waals surface area contributed by atoms with Gasteiger partial charge in [0.15, 0.2) is 0 Å². The minimum Gasteiger partial charge on any atom is -0.305 e. The molecule has 0 fully saturated rings. The standard InChI is InChI=1S/C21H20NSSi.C11H8N.Ir/c1-14-11-12-22-17(13-14)15-9-10-19(24(2,3)4)20-16-7-5-6-8-18(16)23-21(15)20;1-2-6-10(7-3-1)11-8-4-5-9-12-11;/h5-8,10-13H,1-4H3;1-6,8-9H;/q2*-1;. The Hall–Kier alpha value is -2.95. The summed E-state index contributed by atoms with van der Waals surface area (Å²) in [6.45, 7) is 9.34. The summed E-state index contributed by atoms with van der Waals surface area (Å²) in [6.07, 6.45) is 3.68. The van der Waals surface area contributed by atoms with Gasteiger partial charge in [0.05, 0.1) is 0 Å². The molecule has 5 heteroatoms. The van der Waals surface area contributed by atoms with Crippen molar-refractivity contribution < 1.29 is 20.1 Å². The Morgan fingerprint density at radius 2 is 1.54 bits per heavy atom. The fourth-order valence-corrected chi connectivity index (χ4v) is 7.14. The Balaban J connectivity index is 0.000000208. The number of rotatable bonds is 3. The molecule has 0 aliphatic carbocycles. The van der Waals surface area contributed by atoms with Crippen LogP contribution in [-0.4, -0.2) is 18.0 Å². The van der Waals surface area contributed by atoms with E-state index in [0.717, 1.165) is 22.5 Å². The van der Waals surface area contributed by atoms with Crippen molar-refractivity contribution in [1.82, 2.24) is 9.97 Å². The van der Waals surface area contributed by atoms with Crippen molar-refractivity contribution in [3.05, 3.63) is 115 Å². The Kier molecular flexibility index (Phi) is 8.51. The quantitative estimate of drug-likeness (QED) is 0.138. The fourth-order valence-electron chi connectivity index (χ4n) is 4.30. The summed E-state index contributed by atoms with van der Waals surface area (Å²) >= 11 is 1.87. The molecule has 0 unspecified atom stereocenters. The van der Waals surface area contributed by atoms with E-state index in [-0.39, 0.29) is 20.1 Å². The van der Waals surface area contributed by atoms with E-state index in [0.29, 0.717) is 0 Å². The Bertz CT molecular complexity index is 1590. The second-order valence-electron chi connectivity index (χ2n) is 9.84. The molecule has 3 aromatic carbocycles. The van der Waals surface area contributed by atoms with Crippen molar-refractivity contribution in [1.29, 1.82) is 0 Å². The fraction of sp³-hybridized carbons (Fsp3) is 0.125. The van der Waals surface area contributed by atoms with Crippen LogP contribution in [0.5, 0.6) is 0 Å². The molecule has 187 valence electrons. The van der Waals surface area contributed by atoms with E-state index < -0.39 is 8.07 Å². The molecule has 3 heterocycles. The van der Waals surface area contributed by atoms with Crippen LogP contribution in [0.1, 0.15) is 5.56 Å². The summed E-state index contributed by atoms with van der Waals surface area (Å²) in [6, 6.07) is 35.6. The molecule has 0 N–H and O–H groups in total. The molecule has 0 aliphatic heterocycles. The number of pyridine rings is 2. The third-order valence-electron chi connectivity index (χ3n) is 6.08. The first-order valence-electron chi connectivity index (χ1n) is 12.1. The molecule has 0 saturated heterocycles. The maximum Gasteiger partial charge on any atom is 0.0300 e. The smallest absolute Gasteiger partial charge is 0.0300 e. The molecule has 0 aliphatic rings. The van der Waals surface area contributed by atoms with Crippen LogP contribution in [-0.2, 0) is 20.1 Å². The SMILES string of the molecule is Cc1ccnc(-c2[c-]cc([Si](C)(C)C)c3c2sc2ccccc23)c1.[Ir].[c-]1ccccc1-c1ccccn1. The monoisotopic (exact) mass is 693 g/mol. The molecule has 37 heavy (non-hydrogen) atoms. The molecule has 0 bridgehead atoms. The Morgan fingerprint density at radius 3 is 2.24 bits per heavy atom. The molecule has 0 atom stereocenters. The normalized spacial score (nSPS) is 11.0. The number of nitrogens with zero attached hydrogens (tertiary/aromatic N) is 2. The van der Waals surface area contributed by atoms with Gasteiger partial charge in [-0.05, 0) is 46.6 Å². The van der Waals surface area contributed by atoms with Crippen molar-refractivity contribution in [3.8, 4) is 22.5 Å². The van der Waals surface area contributed by atoms with Gasteiger partial charge >= 0.3 is 0 Å². The van der Waals surface area contributed by atoms with Crippen LogP contribution in [0.4, 0.5) is 0 Å². The van der Waals surface area contributed by atoms with Crippen molar-refractivity contribution in [3.63, 3.8) is 0 Å². The van der Waals surface area contributed by atoms with Gasteiger partial charge in [-0.1, -0.05) is 67.0 Å². The first-order chi connectivity index (χ1) is 17.4. The number of hydrogen-bond acceptors (Lipinski definition) is 3. The van der Waals surface area contributed by atoms with Gasteiger partial charge in [-0.2, -0.15) is 11.3 Å². The van der Waals surface area contributed by atoms with Crippen LogP contribution in [0, 0.1) is 19.1 Å². The molecule has 0 saturated carbocycles. The van der Waals surface area contributed by atoms with Crippen LogP contribution in [0.2, 0.25) is 19.6 Å².